The number of aliphatic hydroxyl groups is 1. The third-order valence-electron chi connectivity index (χ3n) is 5.14. The Morgan fingerprint density at radius 1 is 0.964 bits per heavy atom. The van der Waals surface area contributed by atoms with E-state index in [1.54, 1.807) is 54.6 Å². The largest absolute Gasteiger partial charge is 0.397 e. The molecule has 0 saturated heterocycles. The lowest BCUT2D eigenvalue weighted by Gasteiger charge is -2.14. The Kier molecular flexibility index (Phi) is 4.67. The number of aliphatic hydroxyl groups excluding tert-OH is 1. The molecule has 5 nitrogen and oxygen atoms in total. The number of carbonyl (C=O) groups is 2. The number of amides is 1. The van der Waals surface area contributed by atoms with Crippen LogP contribution in [0.3, 0.4) is 0 Å². The number of nitrogens with two attached hydrogens (primary N) is 1. The minimum Gasteiger partial charge on any atom is -0.397 e. The lowest BCUT2D eigenvalue weighted by molar-refractivity contribution is 0.0756. The van der Waals surface area contributed by atoms with Crippen LogP contribution in [0.5, 0.6) is 0 Å². The molecule has 5 heteroatoms. The van der Waals surface area contributed by atoms with Crippen molar-refractivity contribution in [3.63, 3.8) is 0 Å². The average Bonchev–Trinajstić information content (AvgIpc) is 2.95. The molecule has 0 fully saturated rings. The Labute approximate surface area is 162 Å². The molecule has 3 aromatic carbocycles. The van der Waals surface area contributed by atoms with Crippen LogP contribution in [0.4, 0.5) is 11.4 Å². The van der Waals surface area contributed by atoms with Crippen molar-refractivity contribution in [2.24, 2.45) is 5.92 Å². The van der Waals surface area contributed by atoms with Gasteiger partial charge in [-0.1, -0.05) is 48.5 Å². The van der Waals surface area contributed by atoms with Gasteiger partial charge in [0.1, 0.15) is 0 Å². The topological polar surface area (TPSA) is 92.4 Å². The summed E-state index contributed by atoms with van der Waals surface area (Å²) in [6, 6.07) is 21.3. The molecular weight excluding hydrogens is 352 g/mol. The Morgan fingerprint density at radius 2 is 1.64 bits per heavy atom. The molecule has 1 aliphatic carbocycles. The number of Topliss-reactive ketones (excluding diaryl/α,β-unsaturated/α-hetero) is 1. The van der Waals surface area contributed by atoms with Crippen LogP contribution in [0.1, 0.15) is 37.9 Å². The van der Waals surface area contributed by atoms with E-state index in [0.29, 0.717) is 34.5 Å². The van der Waals surface area contributed by atoms with Gasteiger partial charge >= 0.3 is 0 Å². The van der Waals surface area contributed by atoms with Gasteiger partial charge in [0.25, 0.3) is 5.91 Å². The van der Waals surface area contributed by atoms with Gasteiger partial charge in [-0.3, -0.25) is 9.59 Å². The molecular formula is C23H20N2O3. The summed E-state index contributed by atoms with van der Waals surface area (Å²) in [7, 11) is 0. The number of hydrogen-bond donors (Lipinski definition) is 3. The van der Waals surface area contributed by atoms with Crippen LogP contribution in [0.25, 0.3) is 0 Å². The molecule has 28 heavy (non-hydrogen) atoms. The number of ketones is 1. The summed E-state index contributed by atoms with van der Waals surface area (Å²) in [4.78, 5) is 25.0. The fraction of sp³-hybridized carbons (Fsp3) is 0.130. The fourth-order valence-corrected chi connectivity index (χ4v) is 3.59. The second kappa shape index (κ2) is 7.29. The van der Waals surface area contributed by atoms with E-state index in [1.807, 2.05) is 18.2 Å². The van der Waals surface area contributed by atoms with Crippen molar-refractivity contribution in [3.05, 3.63) is 95.1 Å². The molecule has 2 atom stereocenters. The maximum Gasteiger partial charge on any atom is 0.255 e. The predicted octanol–water partition coefficient (Wildman–Crippen LogP) is 3.61. The molecule has 0 radical (unpaired) electrons. The number of rotatable bonds is 4. The molecule has 1 amide bonds. The van der Waals surface area contributed by atoms with Crippen LogP contribution in [0, 0.1) is 5.92 Å². The molecule has 0 spiro atoms. The van der Waals surface area contributed by atoms with Crippen molar-refractivity contribution in [3.8, 4) is 0 Å². The van der Waals surface area contributed by atoms with E-state index >= 15 is 0 Å². The first-order chi connectivity index (χ1) is 13.5. The summed E-state index contributed by atoms with van der Waals surface area (Å²) in [5, 5.41) is 13.3. The number of nitrogens with one attached hydrogen (secondary N) is 1. The molecule has 0 aliphatic heterocycles. The van der Waals surface area contributed by atoms with E-state index < -0.39 is 12.0 Å². The number of anilines is 2. The highest BCUT2D eigenvalue weighted by molar-refractivity contribution is 6.06. The minimum absolute atomic E-state index is 0.0375. The van der Waals surface area contributed by atoms with Gasteiger partial charge in [0.05, 0.1) is 23.4 Å². The fourth-order valence-electron chi connectivity index (χ4n) is 3.59. The second-order valence-electron chi connectivity index (χ2n) is 6.95. The van der Waals surface area contributed by atoms with E-state index in [0.717, 1.165) is 5.56 Å². The normalized spacial score (nSPS) is 18.0. The Bertz CT molecular complexity index is 1040. The highest BCUT2D eigenvalue weighted by atomic mass is 16.3. The molecule has 4 N–H and O–H groups in total. The summed E-state index contributed by atoms with van der Waals surface area (Å²) in [5.41, 5.74) is 9.59. The third kappa shape index (κ3) is 3.28. The van der Waals surface area contributed by atoms with Gasteiger partial charge in [-0.15, -0.1) is 0 Å². The van der Waals surface area contributed by atoms with Crippen LogP contribution in [0.2, 0.25) is 0 Å². The number of fused-ring (bicyclic) bond motifs is 1. The number of hydrogen-bond acceptors (Lipinski definition) is 4. The molecule has 4 rings (SSSR count). The zero-order chi connectivity index (χ0) is 19.7. The van der Waals surface area contributed by atoms with Crippen LogP contribution in [-0.2, 0) is 6.42 Å². The summed E-state index contributed by atoms with van der Waals surface area (Å²) in [6.07, 6.45) is -0.380. The Hall–Kier alpha value is -3.44. The molecule has 0 heterocycles. The standard InChI is InChI=1S/C23H20N2O3/c24-19-7-3-4-8-20(19)25-23(28)15-11-9-14(10-12-15)13-18-21(26)16-5-1-2-6-17(16)22(18)27/h1-12,18,21,26H,13,24H2,(H,25,28). The van der Waals surface area contributed by atoms with E-state index in [1.165, 1.54) is 0 Å². The van der Waals surface area contributed by atoms with Gasteiger partial charge in [-0.2, -0.15) is 0 Å². The second-order valence-corrected chi connectivity index (χ2v) is 6.95. The Morgan fingerprint density at radius 3 is 2.36 bits per heavy atom. The summed E-state index contributed by atoms with van der Waals surface area (Å²) >= 11 is 0. The number of para-hydroxylation sites is 2. The van der Waals surface area contributed by atoms with Crippen molar-refractivity contribution in [2.75, 3.05) is 11.1 Å². The quantitative estimate of drug-likeness (QED) is 0.610. The van der Waals surface area contributed by atoms with Crippen LogP contribution < -0.4 is 11.1 Å². The maximum atomic E-state index is 12.6. The maximum absolute atomic E-state index is 12.6. The average molecular weight is 372 g/mol. The number of benzene rings is 3. The molecule has 3 aromatic rings. The van der Waals surface area contributed by atoms with Gasteiger partial charge in [0.2, 0.25) is 0 Å². The first-order valence-corrected chi connectivity index (χ1v) is 9.10. The van der Waals surface area contributed by atoms with Crippen molar-refractivity contribution in [1.82, 2.24) is 0 Å². The third-order valence-corrected chi connectivity index (χ3v) is 5.14. The van der Waals surface area contributed by atoms with E-state index in [2.05, 4.69) is 5.32 Å². The minimum atomic E-state index is -0.798. The van der Waals surface area contributed by atoms with Crippen LogP contribution >= 0.6 is 0 Å². The van der Waals surface area contributed by atoms with Crippen LogP contribution in [-0.4, -0.2) is 16.8 Å². The highest BCUT2D eigenvalue weighted by Crippen LogP contribution is 2.37. The van der Waals surface area contributed by atoms with Gasteiger partial charge in [-0.25, -0.2) is 0 Å². The zero-order valence-corrected chi connectivity index (χ0v) is 15.1. The molecule has 2 unspecified atom stereocenters. The molecule has 1 aliphatic rings. The molecule has 140 valence electrons. The summed E-state index contributed by atoms with van der Waals surface area (Å²) in [6.45, 7) is 0. The highest BCUT2D eigenvalue weighted by Gasteiger charge is 2.38. The smallest absolute Gasteiger partial charge is 0.255 e. The molecule has 0 aromatic heterocycles. The lowest BCUT2D eigenvalue weighted by atomic mass is 9.93. The molecule has 0 saturated carbocycles. The summed E-state index contributed by atoms with van der Waals surface area (Å²) in [5.74, 6) is -0.792. The van der Waals surface area contributed by atoms with Crippen molar-refractivity contribution >= 4 is 23.1 Å². The Balaban J connectivity index is 1.46. The first kappa shape index (κ1) is 17.9. The van der Waals surface area contributed by atoms with Crippen molar-refractivity contribution < 1.29 is 14.7 Å². The van der Waals surface area contributed by atoms with Crippen molar-refractivity contribution in [1.29, 1.82) is 0 Å². The van der Waals surface area contributed by atoms with Gasteiger partial charge in [-0.05, 0) is 41.8 Å². The number of carbonyl (C=O) groups excluding carboxylic acids is 2. The first-order valence-electron chi connectivity index (χ1n) is 9.10. The van der Waals surface area contributed by atoms with Gasteiger partial charge in [0, 0.05) is 11.1 Å². The monoisotopic (exact) mass is 372 g/mol. The van der Waals surface area contributed by atoms with E-state index in [4.69, 9.17) is 5.73 Å². The predicted molar refractivity (Wildman–Crippen MR) is 108 cm³/mol. The van der Waals surface area contributed by atoms with Gasteiger partial charge in [0.15, 0.2) is 5.78 Å². The van der Waals surface area contributed by atoms with E-state index in [9.17, 15) is 14.7 Å². The van der Waals surface area contributed by atoms with Gasteiger partial charge < -0.3 is 16.2 Å². The SMILES string of the molecule is Nc1ccccc1NC(=O)c1ccc(CC2C(=O)c3ccccc3C2O)cc1. The lowest BCUT2D eigenvalue weighted by Crippen LogP contribution is -2.17. The number of nitrogen functional groups attached to an aromatic ring is 1. The summed E-state index contributed by atoms with van der Waals surface area (Å²) < 4.78 is 0. The van der Waals surface area contributed by atoms with E-state index in [-0.39, 0.29) is 11.7 Å². The van der Waals surface area contributed by atoms with Crippen molar-refractivity contribution in [2.45, 2.75) is 12.5 Å². The zero-order valence-electron chi connectivity index (χ0n) is 15.1. The van der Waals surface area contributed by atoms with Crippen LogP contribution in [0.15, 0.2) is 72.8 Å². The molecule has 0 bridgehead atoms.